The molecule has 0 amide bonds. The largest absolute Gasteiger partial charge is 0.478 e. The summed E-state index contributed by atoms with van der Waals surface area (Å²) < 4.78 is 10.7. The van der Waals surface area contributed by atoms with Gasteiger partial charge < -0.3 is 9.67 Å². The summed E-state index contributed by atoms with van der Waals surface area (Å²) in [4.78, 5) is 12.1. The minimum Gasteiger partial charge on any atom is -0.478 e. The van der Waals surface area contributed by atoms with Crippen LogP contribution in [0.15, 0.2) is 42.5 Å². The van der Waals surface area contributed by atoms with Crippen molar-refractivity contribution in [3.8, 4) is 6.07 Å². The van der Waals surface area contributed by atoms with E-state index in [1.165, 1.54) is 5.69 Å². The van der Waals surface area contributed by atoms with Crippen molar-refractivity contribution in [2.75, 3.05) is 0 Å². The summed E-state index contributed by atoms with van der Waals surface area (Å²) in [5.74, 6) is -0.615. The Bertz CT molecular complexity index is 1160. The van der Waals surface area contributed by atoms with Crippen molar-refractivity contribution in [1.29, 1.82) is 5.26 Å². The van der Waals surface area contributed by atoms with Gasteiger partial charge in [0.1, 0.15) is 0 Å². The zero-order valence-corrected chi connectivity index (χ0v) is 17.4. The summed E-state index contributed by atoms with van der Waals surface area (Å²) in [5.41, 5.74) is 4.99. The molecule has 0 saturated carbocycles. The van der Waals surface area contributed by atoms with Crippen molar-refractivity contribution >= 4 is 16.9 Å². The predicted molar refractivity (Wildman–Crippen MR) is 119 cm³/mol. The van der Waals surface area contributed by atoms with Crippen molar-refractivity contribution < 1.29 is 11.3 Å². The Hall–Kier alpha value is -3.06. The van der Waals surface area contributed by atoms with Crippen LogP contribution in [0.3, 0.4) is 0 Å². The predicted octanol–water partition coefficient (Wildman–Crippen LogP) is 6.26. The summed E-state index contributed by atoms with van der Waals surface area (Å²) in [6, 6.07) is 15.2. The van der Waals surface area contributed by atoms with Gasteiger partial charge in [-0.05, 0) is 60.9 Å². The molecule has 0 aliphatic heterocycles. The molecule has 1 aliphatic rings. The zero-order chi connectivity index (χ0) is 22.0. The Balaban J connectivity index is 1.98. The van der Waals surface area contributed by atoms with Gasteiger partial charge in [-0.2, -0.15) is 5.26 Å². The van der Waals surface area contributed by atoms with E-state index in [-0.39, 0.29) is 6.40 Å². The number of aryl methyl sites for hydroxylation is 1. The summed E-state index contributed by atoms with van der Waals surface area (Å²) in [6.07, 6.45) is 5.59. The SMILES string of the molecule is [2H]C1CCC(CCCC)c2c(c3cccc(C(=O)O)c3n2Cc2cccc(C#N)c2)C1. The number of hydrogen-bond donors (Lipinski definition) is 1. The molecule has 1 N–H and O–H groups in total. The maximum atomic E-state index is 12.1. The van der Waals surface area contributed by atoms with Crippen LogP contribution >= 0.6 is 0 Å². The minimum absolute atomic E-state index is 0.167. The average Bonchev–Trinajstić information content (AvgIpc) is 2.96. The van der Waals surface area contributed by atoms with E-state index in [1.54, 1.807) is 12.1 Å². The molecular formula is C26H28N2O2. The monoisotopic (exact) mass is 401 g/mol. The number of rotatable bonds is 6. The molecule has 2 aromatic carbocycles. The number of para-hydroxylation sites is 1. The van der Waals surface area contributed by atoms with Crippen molar-refractivity contribution in [2.24, 2.45) is 0 Å². The second-order valence-corrected chi connectivity index (χ2v) is 8.18. The molecule has 1 aliphatic carbocycles. The number of hydrogen-bond acceptors (Lipinski definition) is 2. The first kappa shape index (κ1) is 18.9. The first-order chi connectivity index (χ1) is 15.0. The smallest absolute Gasteiger partial charge is 0.337 e. The van der Waals surface area contributed by atoms with Crippen LogP contribution in [0.25, 0.3) is 10.9 Å². The molecule has 4 heteroatoms. The van der Waals surface area contributed by atoms with Crippen LogP contribution in [0.2, 0.25) is 0 Å². The first-order valence-electron chi connectivity index (χ1n) is 11.4. The lowest BCUT2D eigenvalue weighted by Crippen LogP contribution is -2.12. The fourth-order valence-corrected chi connectivity index (χ4v) is 4.87. The van der Waals surface area contributed by atoms with Gasteiger partial charge in [-0.15, -0.1) is 0 Å². The van der Waals surface area contributed by atoms with E-state index in [0.29, 0.717) is 30.0 Å². The highest BCUT2D eigenvalue weighted by Gasteiger charge is 2.28. The molecule has 0 saturated heterocycles. The number of aromatic carboxylic acids is 1. The Morgan fingerprint density at radius 2 is 2.17 bits per heavy atom. The zero-order valence-electron chi connectivity index (χ0n) is 18.4. The van der Waals surface area contributed by atoms with Gasteiger partial charge in [0, 0.05) is 19.0 Å². The van der Waals surface area contributed by atoms with Crippen molar-refractivity contribution in [3.63, 3.8) is 0 Å². The van der Waals surface area contributed by atoms with Gasteiger partial charge in [-0.3, -0.25) is 0 Å². The molecule has 0 spiro atoms. The molecular weight excluding hydrogens is 372 g/mol. The lowest BCUT2D eigenvalue weighted by atomic mass is 9.92. The Kier molecular flexibility index (Phi) is 5.52. The number of nitrogens with zero attached hydrogens (tertiary/aromatic N) is 2. The van der Waals surface area contributed by atoms with Gasteiger partial charge in [-0.1, -0.05) is 50.5 Å². The van der Waals surface area contributed by atoms with Gasteiger partial charge >= 0.3 is 5.97 Å². The van der Waals surface area contributed by atoms with Crippen LogP contribution in [-0.4, -0.2) is 15.6 Å². The molecule has 1 heterocycles. The number of aromatic nitrogens is 1. The van der Waals surface area contributed by atoms with Crippen LogP contribution in [0.4, 0.5) is 0 Å². The lowest BCUT2D eigenvalue weighted by Gasteiger charge is -2.20. The quantitative estimate of drug-likeness (QED) is 0.496. The summed E-state index contributed by atoms with van der Waals surface area (Å²) in [5, 5.41) is 20.2. The van der Waals surface area contributed by atoms with Crippen LogP contribution in [0, 0.1) is 11.3 Å². The summed E-state index contributed by atoms with van der Waals surface area (Å²) in [7, 11) is 0. The molecule has 3 aromatic rings. The van der Waals surface area contributed by atoms with E-state index < -0.39 is 5.97 Å². The number of carbonyl (C=O) groups is 1. The topological polar surface area (TPSA) is 66.0 Å². The number of fused-ring (bicyclic) bond motifs is 3. The fraction of sp³-hybridized carbons (Fsp3) is 0.385. The molecule has 1 aromatic heterocycles. The van der Waals surface area contributed by atoms with E-state index in [0.717, 1.165) is 54.1 Å². The van der Waals surface area contributed by atoms with E-state index in [9.17, 15) is 15.2 Å². The van der Waals surface area contributed by atoms with Crippen LogP contribution in [0.5, 0.6) is 0 Å². The molecule has 30 heavy (non-hydrogen) atoms. The maximum absolute atomic E-state index is 12.1. The third-order valence-electron chi connectivity index (χ3n) is 6.22. The number of carboxylic acid groups (broad SMARTS) is 1. The van der Waals surface area contributed by atoms with Gasteiger partial charge in [0.15, 0.2) is 0 Å². The summed E-state index contributed by atoms with van der Waals surface area (Å²) >= 11 is 0. The highest BCUT2D eigenvalue weighted by Crippen LogP contribution is 2.41. The van der Waals surface area contributed by atoms with Crippen LogP contribution < -0.4 is 0 Å². The third-order valence-corrected chi connectivity index (χ3v) is 6.22. The van der Waals surface area contributed by atoms with Gasteiger partial charge in [0.05, 0.1) is 22.7 Å². The van der Waals surface area contributed by atoms with Crippen molar-refractivity contribution in [3.05, 3.63) is 70.4 Å². The first-order valence-corrected chi connectivity index (χ1v) is 10.8. The highest BCUT2D eigenvalue weighted by molar-refractivity contribution is 6.04. The van der Waals surface area contributed by atoms with Gasteiger partial charge in [-0.25, -0.2) is 4.79 Å². The number of carboxylic acids is 1. The second kappa shape index (κ2) is 8.75. The molecule has 0 radical (unpaired) electrons. The number of benzene rings is 2. The van der Waals surface area contributed by atoms with E-state index >= 15 is 0 Å². The normalized spacial score (nSPS) is 19.0. The Labute approximate surface area is 179 Å². The van der Waals surface area contributed by atoms with Gasteiger partial charge in [0.25, 0.3) is 0 Å². The van der Waals surface area contributed by atoms with Gasteiger partial charge in [0.2, 0.25) is 0 Å². The second-order valence-electron chi connectivity index (χ2n) is 8.18. The molecule has 0 fully saturated rings. The maximum Gasteiger partial charge on any atom is 0.337 e. The van der Waals surface area contributed by atoms with Crippen molar-refractivity contribution in [1.82, 2.24) is 4.57 Å². The third kappa shape index (κ3) is 3.73. The lowest BCUT2D eigenvalue weighted by molar-refractivity contribution is 0.0698. The number of unbranched alkanes of at least 4 members (excludes halogenated alkanes) is 1. The molecule has 4 rings (SSSR count). The standard InChI is InChI=1S/C26H28N2O2/c1-2-3-10-20-11-4-5-12-21-22-13-7-14-23(26(29)30)25(22)28(24(20)21)17-19-9-6-8-18(15-19)16-27/h6-9,13-15,20H,2-5,10-12,17H2,1H3,(H,29,30)/i5D. The summed E-state index contributed by atoms with van der Waals surface area (Å²) in [6.45, 7) is 2.72. The van der Waals surface area contributed by atoms with Crippen molar-refractivity contribution in [2.45, 2.75) is 64.3 Å². The van der Waals surface area contributed by atoms with E-state index in [4.69, 9.17) is 1.37 Å². The molecule has 0 bridgehead atoms. The van der Waals surface area contributed by atoms with Crippen LogP contribution in [-0.2, 0) is 13.0 Å². The van der Waals surface area contributed by atoms with E-state index in [1.807, 2.05) is 30.3 Å². The molecule has 2 unspecified atom stereocenters. The Morgan fingerprint density at radius 3 is 2.93 bits per heavy atom. The molecule has 4 nitrogen and oxygen atoms in total. The molecule has 154 valence electrons. The minimum atomic E-state index is -0.933. The average molecular weight is 402 g/mol. The highest BCUT2D eigenvalue weighted by atomic mass is 16.4. The Morgan fingerprint density at radius 1 is 1.33 bits per heavy atom. The molecule has 2 atom stereocenters. The van der Waals surface area contributed by atoms with E-state index in [2.05, 4.69) is 17.6 Å². The van der Waals surface area contributed by atoms with Crippen LogP contribution in [0.1, 0.15) is 85.5 Å². The fourth-order valence-electron chi connectivity index (χ4n) is 4.87. The number of nitriles is 1.